The number of carbonyl (C=O) groups excluding carboxylic acids is 3. The molecular formula is C40H44N2O5. The van der Waals surface area contributed by atoms with E-state index >= 15 is 0 Å². The van der Waals surface area contributed by atoms with Gasteiger partial charge in [0.2, 0.25) is 5.91 Å². The number of esters is 1. The zero-order chi connectivity index (χ0) is 32.9. The molecule has 244 valence electrons. The summed E-state index contributed by atoms with van der Waals surface area (Å²) in [6.45, 7) is 1.04. The number of hydrogen-bond donors (Lipinski definition) is 2. The second-order valence-electron chi connectivity index (χ2n) is 12.3. The standard InChI is InChI=1S/C40H44N2O5/c1-46-38(44)36(42-35-19-10-9-18-34(35)37(43)32-16-7-3-8-17-32)28-30-20-22-33(23-21-30)47-27-13-26-41-39(45)40(24-11-4-12-25-40)29-31-14-5-2-6-15-31/h2-3,5-10,14-23,36,42H,4,11-13,24-29H2,1H3,(H,41,45). The number of amides is 1. The van der Waals surface area contributed by atoms with Crippen molar-refractivity contribution < 1.29 is 23.9 Å². The Morgan fingerprint density at radius 3 is 2.13 bits per heavy atom. The third-order valence-electron chi connectivity index (χ3n) is 8.94. The summed E-state index contributed by atoms with van der Waals surface area (Å²) in [5, 5.41) is 6.44. The molecule has 0 radical (unpaired) electrons. The maximum Gasteiger partial charge on any atom is 0.328 e. The van der Waals surface area contributed by atoms with Crippen LogP contribution in [-0.4, -0.2) is 44.0 Å². The Kier molecular flexibility index (Phi) is 11.8. The van der Waals surface area contributed by atoms with Gasteiger partial charge in [-0.1, -0.05) is 104 Å². The van der Waals surface area contributed by atoms with Gasteiger partial charge in [0.25, 0.3) is 0 Å². The van der Waals surface area contributed by atoms with E-state index < -0.39 is 12.0 Å². The fourth-order valence-corrected chi connectivity index (χ4v) is 6.38. The first kappa shape index (κ1) is 33.5. The molecule has 4 aromatic rings. The van der Waals surface area contributed by atoms with Crippen LogP contribution in [0.25, 0.3) is 0 Å². The molecule has 1 unspecified atom stereocenters. The van der Waals surface area contributed by atoms with Gasteiger partial charge in [-0.2, -0.15) is 0 Å². The molecule has 0 bridgehead atoms. The molecule has 0 aliphatic heterocycles. The molecule has 1 aliphatic rings. The van der Waals surface area contributed by atoms with Crippen molar-refractivity contribution in [3.8, 4) is 5.75 Å². The predicted octanol–water partition coefficient (Wildman–Crippen LogP) is 7.19. The van der Waals surface area contributed by atoms with Crippen molar-refractivity contribution in [2.24, 2.45) is 5.41 Å². The third-order valence-corrected chi connectivity index (χ3v) is 8.94. The molecule has 0 heterocycles. The molecule has 1 aliphatic carbocycles. The quantitative estimate of drug-likeness (QED) is 0.0819. The van der Waals surface area contributed by atoms with Gasteiger partial charge in [0.1, 0.15) is 11.8 Å². The first-order valence-corrected chi connectivity index (χ1v) is 16.5. The van der Waals surface area contributed by atoms with Crippen LogP contribution in [0, 0.1) is 5.41 Å². The number of benzene rings is 4. The van der Waals surface area contributed by atoms with Crippen LogP contribution in [0.4, 0.5) is 5.69 Å². The average Bonchev–Trinajstić information content (AvgIpc) is 3.12. The highest BCUT2D eigenvalue weighted by Crippen LogP contribution is 2.39. The largest absolute Gasteiger partial charge is 0.494 e. The van der Waals surface area contributed by atoms with Crippen LogP contribution < -0.4 is 15.4 Å². The second-order valence-corrected chi connectivity index (χ2v) is 12.3. The van der Waals surface area contributed by atoms with Crippen LogP contribution in [0.3, 0.4) is 0 Å². The van der Waals surface area contributed by atoms with E-state index in [0.717, 1.165) is 37.7 Å². The Morgan fingerprint density at radius 1 is 0.766 bits per heavy atom. The van der Waals surface area contributed by atoms with Gasteiger partial charge in [-0.05, 0) is 61.1 Å². The van der Waals surface area contributed by atoms with Crippen LogP contribution in [0.5, 0.6) is 5.75 Å². The van der Waals surface area contributed by atoms with Crippen LogP contribution in [0.2, 0.25) is 0 Å². The van der Waals surface area contributed by atoms with Crippen LogP contribution in [0.15, 0.2) is 109 Å². The molecule has 1 fully saturated rings. The van der Waals surface area contributed by atoms with Crippen LogP contribution in [-0.2, 0) is 27.2 Å². The summed E-state index contributed by atoms with van der Waals surface area (Å²) >= 11 is 0. The molecule has 0 saturated heterocycles. The Balaban J connectivity index is 1.12. The van der Waals surface area contributed by atoms with Crippen molar-refractivity contribution in [2.45, 2.75) is 57.4 Å². The molecule has 4 aromatic carbocycles. The number of carbonyl (C=O) groups is 3. The smallest absolute Gasteiger partial charge is 0.328 e. The number of ketones is 1. The summed E-state index contributed by atoms with van der Waals surface area (Å²) in [5.74, 6) is 0.327. The van der Waals surface area contributed by atoms with E-state index in [0.29, 0.717) is 48.6 Å². The summed E-state index contributed by atoms with van der Waals surface area (Å²) in [7, 11) is 1.36. The fraction of sp³-hybridized carbons (Fsp3) is 0.325. The molecule has 7 nitrogen and oxygen atoms in total. The molecule has 0 spiro atoms. The van der Waals surface area contributed by atoms with Crippen molar-refractivity contribution in [3.63, 3.8) is 0 Å². The van der Waals surface area contributed by atoms with Gasteiger partial charge in [-0.25, -0.2) is 4.79 Å². The first-order chi connectivity index (χ1) is 23.0. The zero-order valence-electron chi connectivity index (χ0n) is 27.1. The number of methoxy groups -OCH3 is 1. The van der Waals surface area contributed by atoms with Crippen molar-refractivity contribution in [3.05, 3.63) is 131 Å². The number of para-hydroxylation sites is 1. The first-order valence-electron chi connectivity index (χ1n) is 16.5. The van der Waals surface area contributed by atoms with Gasteiger partial charge in [0.05, 0.1) is 19.1 Å². The SMILES string of the molecule is COC(=O)C(Cc1ccc(OCCCNC(=O)C2(Cc3ccccc3)CCCCC2)cc1)Nc1ccccc1C(=O)c1ccccc1. The minimum absolute atomic E-state index is 0.126. The summed E-state index contributed by atoms with van der Waals surface area (Å²) in [5.41, 5.74) is 3.43. The molecule has 1 atom stereocenters. The summed E-state index contributed by atoms with van der Waals surface area (Å²) < 4.78 is 11.1. The fourth-order valence-electron chi connectivity index (χ4n) is 6.38. The minimum Gasteiger partial charge on any atom is -0.494 e. The van der Waals surface area contributed by atoms with E-state index in [9.17, 15) is 14.4 Å². The lowest BCUT2D eigenvalue weighted by atomic mass is 9.69. The number of rotatable bonds is 15. The Bertz CT molecular complexity index is 1600. The van der Waals surface area contributed by atoms with Crippen LogP contribution in [0.1, 0.15) is 65.6 Å². The monoisotopic (exact) mass is 632 g/mol. The second kappa shape index (κ2) is 16.6. The summed E-state index contributed by atoms with van der Waals surface area (Å²) in [4.78, 5) is 39.4. The predicted molar refractivity (Wildman–Crippen MR) is 185 cm³/mol. The summed E-state index contributed by atoms with van der Waals surface area (Å²) in [6, 6.07) is 33.5. The number of nitrogens with one attached hydrogen (secondary N) is 2. The zero-order valence-corrected chi connectivity index (χ0v) is 27.1. The van der Waals surface area contributed by atoms with Crippen molar-refractivity contribution in [2.75, 3.05) is 25.6 Å². The van der Waals surface area contributed by atoms with Crippen LogP contribution >= 0.6 is 0 Å². The molecule has 5 rings (SSSR count). The van der Waals surface area contributed by atoms with Crippen molar-refractivity contribution >= 4 is 23.3 Å². The molecule has 1 amide bonds. The lowest BCUT2D eigenvalue weighted by molar-refractivity contribution is -0.141. The van der Waals surface area contributed by atoms with E-state index in [4.69, 9.17) is 9.47 Å². The van der Waals surface area contributed by atoms with E-state index in [2.05, 4.69) is 22.8 Å². The molecular weight excluding hydrogens is 588 g/mol. The van der Waals surface area contributed by atoms with Gasteiger partial charge in [0.15, 0.2) is 5.78 Å². The minimum atomic E-state index is -0.700. The molecule has 7 heteroatoms. The number of anilines is 1. The Hall–Kier alpha value is -4.91. The average molecular weight is 633 g/mol. The van der Waals surface area contributed by atoms with Gasteiger partial charge >= 0.3 is 5.97 Å². The van der Waals surface area contributed by atoms with E-state index in [1.54, 1.807) is 30.3 Å². The maximum absolute atomic E-state index is 13.4. The van der Waals surface area contributed by atoms with Crippen molar-refractivity contribution in [1.29, 1.82) is 0 Å². The van der Waals surface area contributed by atoms with E-state index in [1.165, 1.54) is 19.1 Å². The highest BCUT2D eigenvalue weighted by atomic mass is 16.5. The lowest BCUT2D eigenvalue weighted by Crippen LogP contribution is -2.44. The number of hydrogen-bond acceptors (Lipinski definition) is 6. The maximum atomic E-state index is 13.4. The number of ether oxygens (including phenoxy) is 2. The van der Waals surface area contributed by atoms with Gasteiger partial charge in [0, 0.05) is 29.8 Å². The third kappa shape index (κ3) is 9.09. The normalized spacial score (nSPS) is 14.4. The molecule has 0 aromatic heterocycles. The molecule has 1 saturated carbocycles. The van der Waals surface area contributed by atoms with Gasteiger partial charge in [-0.15, -0.1) is 0 Å². The Labute approximate surface area is 277 Å². The summed E-state index contributed by atoms with van der Waals surface area (Å²) in [6.07, 6.45) is 7.09. The van der Waals surface area contributed by atoms with Gasteiger partial charge in [-0.3, -0.25) is 9.59 Å². The van der Waals surface area contributed by atoms with E-state index in [1.807, 2.05) is 66.7 Å². The lowest BCUT2D eigenvalue weighted by Gasteiger charge is -2.36. The van der Waals surface area contributed by atoms with E-state index in [-0.39, 0.29) is 17.1 Å². The highest BCUT2D eigenvalue weighted by molar-refractivity contribution is 6.12. The topological polar surface area (TPSA) is 93.7 Å². The molecule has 2 N–H and O–H groups in total. The van der Waals surface area contributed by atoms with Crippen molar-refractivity contribution in [1.82, 2.24) is 5.32 Å². The Morgan fingerprint density at radius 2 is 1.43 bits per heavy atom. The van der Waals surface area contributed by atoms with Gasteiger partial charge < -0.3 is 20.1 Å². The molecule has 47 heavy (non-hydrogen) atoms. The highest BCUT2D eigenvalue weighted by Gasteiger charge is 2.39.